The van der Waals surface area contributed by atoms with Crippen LogP contribution in [-0.4, -0.2) is 24.3 Å². The van der Waals surface area contributed by atoms with Crippen LogP contribution in [0.15, 0.2) is 58.2 Å². The van der Waals surface area contributed by atoms with Crippen LogP contribution in [0.2, 0.25) is 0 Å². The van der Waals surface area contributed by atoms with Gasteiger partial charge in [-0.25, -0.2) is 18.1 Å². The number of aromatic amines is 1. The van der Waals surface area contributed by atoms with Gasteiger partial charge in [-0.05, 0) is 55.7 Å². The summed E-state index contributed by atoms with van der Waals surface area (Å²) in [5, 5.41) is 0. The van der Waals surface area contributed by atoms with E-state index in [4.69, 9.17) is 4.98 Å². The highest BCUT2D eigenvalue weighted by molar-refractivity contribution is 7.90. The molecule has 2 N–H and O–H groups in total. The maximum absolute atomic E-state index is 13.3. The van der Waals surface area contributed by atoms with Crippen molar-refractivity contribution in [2.24, 2.45) is 5.92 Å². The molecule has 1 amide bonds. The van der Waals surface area contributed by atoms with E-state index >= 15 is 0 Å². The number of benzene rings is 2. The minimum Gasteiger partial charge on any atom is -0.310 e. The smallest absolute Gasteiger partial charge is 0.264 e. The average Bonchev–Trinajstić information content (AvgIpc) is 3.80. The van der Waals surface area contributed by atoms with Crippen LogP contribution in [0.3, 0.4) is 0 Å². The van der Waals surface area contributed by atoms with E-state index in [-0.39, 0.29) is 16.4 Å². The van der Waals surface area contributed by atoms with Crippen molar-refractivity contribution in [1.82, 2.24) is 14.7 Å². The van der Waals surface area contributed by atoms with Crippen LogP contribution in [-0.2, 0) is 27.7 Å². The first kappa shape index (κ1) is 27.3. The van der Waals surface area contributed by atoms with Gasteiger partial charge in [0, 0.05) is 29.4 Å². The fourth-order valence-corrected chi connectivity index (χ4v) is 6.70. The number of hydrogen-bond acceptors (Lipinski definition) is 5. The highest BCUT2D eigenvalue weighted by Crippen LogP contribution is 2.32. The summed E-state index contributed by atoms with van der Waals surface area (Å²) in [6.07, 6.45) is 10.5. The number of unbranched alkanes of at least 4 members (excludes halogenated alkanes) is 1. The summed E-state index contributed by atoms with van der Waals surface area (Å²) in [6.45, 7) is 2.14. The molecule has 2 saturated carbocycles. The van der Waals surface area contributed by atoms with Gasteiger partial charge in [0.05, 0.1) is 10.6 Å². The van der Waals surface area contributed by atoms with Crippen molar-refractivity contribution in [2.45, 2.75) is 88.4 Å². The second kappa shape index (κ2) is 11.9. The topological polar surface area (TPSA) is 109 Å². The zero-order valence-corrected chi connectivity index (χ0v) is 23.4. The summed E-state index contributed by atoms with van der Waals surface area (Å²) in [4.78, 5) is 33.6. The van der Waals surface area contributed by atoms with Crippen LogP contribution >= 0.6 is 0 Å². The van der Waals surface area contributed by atoms with Crippen molar-refractivity contribution in [3.63, 3.8) is 0 Å². The van der Waals surface area contributed by atoms with E-state index in [1.165, 1.54) is 25.3 Å². The molecule has 2 fully saturated rings. The molecule has 0 unspecified atom stereocenters. The number of nitrogens with zero attached hydrogens (tertiary/aromatic N) is 1. The molecule has 0 atom stereocenters. The first-order chi connectivity index (χ1) is 18.9. The minimum absolute atomic E-state index is 0.0522. The zero-order valence-electron chi connectivity index (χ0n) is 22.5. The van der Waals surface area contributed by atoms with Crippen molar-refractivity contribution in [3.05, 3.63) is 81.5 Å². The molecular weight excluding hydrogens is 510 g/mol. The number of hydrogen-bond donors (Lipinski definition) is 2. The molecule has 0 saturated heterocycles. The monoisotopic (exact) mass is 547 g/mol. The lowest BCUT2D eigenvalue weighted by atomic mass is 9.88. The van der Waals surface area contributed by atoms with Crippen molar-refractivity contribution < 1.29 is 13.2 Å². The van der Waals surface area contributed by atoms with Gasteiger partial charge < -0.3 is 4.98 Å². The maximum atomic E-state index is 13.3. The summed E-state index contributed by atoms with van der Waals surface area (Å²) in [5.41, 5.74) is 3.76. The minimum atomic E-state index is -3.99. The number of carbonyl (C=O) groups excluding carboxylic acids is 1. The van der Waals surface area contributed by atoms with Crippen LogP contribution in [0.1, 0.15) is 93.3 Å². The van der Waals surface area contributed by atoms with Crippen LogP contribution in [0.4, 0.5) is 0 Å². The average molecular weight is 548 g/mol. The normalized spacial score (nSPS) is 16.2. The Bertz CT molecular complexity index is 1480. The van der Waals surface area contributed by atoms with Crippen LogP contribution < -0.4 is 10.3 Å². The van der Waals surface area contributed by atoms with Crippen molar-refractivity contribution in [1.29, 1.82) is 0 Å². The molecule has 2 aromatic carbocycles. The molecule has 0 bridgehead atoms. The van der Waals surface area contributed by atoms with E-state index in [1.54, 1.807) is 18.2 Å². The molecule has 7 nitrogen and oxygen atoms in total. The summed E-state index contributed by atoms with van der Waals surface area (Å²) >= 11 is 0. The zero-order chi connectivity index (χ0) is 27.4. The predicted molar refractivity (Wildman–Crippen MR) is 152 cm³/mol. The van der Waals surface area contributed by atoms with E-state index in [0.29, 0.717) is 23.5 Å². The Morgan fingerprint density at radius 1 is 1.00 bits per heavy atom. The number of nitrogens with one attached hydrogen (secondary N) is 2. The molecule has 0 spiro atoms. The van der Waals surface area contributed by atoms with E-state index in [9.17, 15) is 18.0 Å². The fourth-order valence-electron chi connectivity index (χ4n) is 5.43. The van der Waals surface area contributed by atoms with Gasteiger partial charge in [0.1, 0.15) is 5.82 Å². The number of carbonyl (C=O) groups is 1. The van der Waals surface area contributed by atoms with E-state index < -0.39 is 15.9 Å². The molecule has 5 rings (SSSR count). The standard InChI is InChI=1S/C31H37N3O4S/c1-2-3-12-27-26(31(36)33-29(32-27)23-9-5-4-6-10-23)20-21-14-16-22(17-15-21)25-11-7-8-13-28(25)39(37,38)34-30(35)24-18-19-24/h7-8,11,13-17,23-24H,2-6,9-10,12,18-20H2,1H3,(H,34,35)(H,32,33,36). The van der Waals surface area contributed by atoms with Crippen molar-refractivity contribution >= 4 is 15.9 Å². The van der Waals surface area contributed by atoms with Crippen LogP contribution in [0.25, 0.3) is 11.1 Å². The van der Waals surface area contributed by atoms with Crippen molar-refractivity contribution in [3.8, 4) is 11.1 Å². The lowest BCUT2D eigenvalue weighted by molar-refractivity contribution is -0.120. The number of aromatic nitrogens is 2. The lowest BCUT2D eigenvalue weighted by Crippen LogP contribution is -2.32. The van der Waals surface area contributed by atoms with E-state index in [0.717, 1.165) is 67.6 Å². The van der Waals surface area contributed by atoms with Crippen LogP contribution in [0, 0.1) is 5.92 Å². The molecule has 2 aliphatic carbocycles. The van der Waals surface area contributed by atoms with Gasteiger partial charge in [-0.3, -0.25) is 9.59 Å². The molecule has 206 valence electrons. The third-order valence-electron chi connectivity index (χ3n) is 7.88. The van der Waals surface area contributed by atoms with Gasteiger partial charge in [-0.2, -0.15) is 0 Å². The number of aryl methyl sites for hydroxylation is 1. The third kappa shape index (κ3) is 6.49. The van der Waals surface area contributed by atoms with Gasteiger partial charge in [0.15, 0.2) is 0 Å². The van der Waals surface area contributed by atoms with Crippen molar-refractivity contribution in [2.75, 3.05) is 0 Å². The molecule has 3 aromatic rings. The Balaban J connectivity index is 1.39. The van der Waals surface area contributed by atoms with E-state index in [1.807, 2.05) is 24.3 Å². The molecule has 8 heteroatoms. The first-order valence-electron chi connectivity index (χ1n) is 14.2. The summed E-state index contributed by atoms with van der Waals surface area (Å²) in [7, 11) is -3.99. The van der Waals surface area contributed by atoms with Gasteiger partial charge in [-0.15, -0.1) is 0 Å². The van der Waals surface area contributed by atoms with Gasteiger partial charge in [0.2, 0.25) is 5.91 Å². The lowest BCUT2D eigenvalue weighted by Gasteiger charge is -2.22. The van der Waals surface area contributed by atoms with Gasteiger partial charge in [0.25, 0.3) is 15.6 Å². The second-order valence-electron chi connectivity index (χ2n) is 10.9. The number of H-pyrrole nitrogens is 1. The Hall–Kier alpha value is -3.26. The molecule has 1 aromatic heterocycles. The maximum Gasteiger partial charge on any atom is 0.264 e. The van der Waals surface area contributed by atoms with Gasteiger partial charge in [-0.1, -0.05) is 75.1 Å². The molecule has 0 aliphatic heterocycles. The quantitative estimate of drug-likeness (QED) is 0.342. The fraction of sp³-hybridized carbons (Fsp3) is 0.452. The first-order valence-corrected chi connectivity index (χ1v) is 15.7. The SMILES string of the molecule is CCCCc1nc(C2CCCCC2)[nH]c(=O)c1Cc1ccc(-c2ccccc2S(=O)(=O)NC(=O)C2CC2)cc1. The Morgan fingerprint density at radius 2 is 1.72 bits per heavy atom. The summed E-state index contributed by atoms with van der Waals surface area (Å²) < 4.78 is 28.2. The molecule has 39 heavy (non-hydrogen) atoms. The second-order valence-corrected chi connectivity index (χ2v) is 12.6. The van der Waals surface area contributed by atoms with E-state index in [2.05, 4.69) is 16.6 Å². The summed E-state index contributed by atoms with van der Waals surface area (Å²) in [5.74, 6) is 0.539. The molecular formula is C31H37N3O4S. The number of amides is 1. The molecule has 0 radical (unpaired) electrons. The Kier molecular flexibility index (Phi) is 8.31. The molecule has 2 aliphatic rings. The largest absolute Gasteiger partial charge is 0.310 e. The Morgan fingerprint density at radius 3 is 2.41 bits per heavy atom. The highest BCUT2D eigenvalue weighted by Gasteiger charge is 2.33. The number of sulfonamides is 1. The number of rotatable bonds is 10. The molecule has 1 heterocycles. The Labute approximate surface area is 230 Å². The van der Waals surface area contributed by atoms with Crippen LogP contribution in [0.5, 0.6) is 0 Å². The van der Waals surface area contributed by atoms with Gasteiger partial charge >= 0.3 is 0 Å². The third-order valence-corrected chi connectivity index (χ3v) is 9.29. The summed E-state index contributed by atoms with van der Waals surface area (Å²) in [6, 6.07) is 14.3. The highest BCUT2D eigenvalue weighted by atomic mass is 32.2. The predicted octanol–water partition coefficient (Wildman–Crippen LogP) is 5.63.